The molecule has 3 fully saturated rings. The van der Waals surface area contributed by atoms with Gasteiger partial charge in [0.15, 0.2) is 0 Å². The van der Waals surface area contributed by atoms with Crippen LogP contribution in [0.2, 0.25) is 0 Å². The Morgan fingerprint density at radius 1 is 0.333 bits per heavy atom. The molecule has 3 saturated carbocycles. The maximum absolute atomic E-state index is 16.7. The molecule has 0 heterocycles. The summed E-state index contributed by atoms with van der Waals surface area (Å²) < 4.78 is 16.8. The number of hydrogen-bond acceptors (Lipinski definition) is 9. The van der Waals surface area contributed by atoms with E-state index < -0.39 is 53.6 Å². The van der Waals surface area contributed by atoms with Gasteiger partial charge < -0.3 is 30.2 Å². The number of carbonyl (C=O) groups is 6. The van der Waals surface area contributed by atoms with Crippen LogP contribution in [-0.4, -0.2) is 74.9 Å². The number of rotatable bonds is 21. The van der Waals surface area contributed by atoms with Gasteiger partial charge in [-0.15, -0.1) is 0 Å². The monoisotopic (exact) mass is 1210 g/mol. The van der Waals surface area contributed by atoms with Crippen LogP contribution in [0.4, 0.5) is 17.1 Å². The zero-order valence-electron chi connectivity index (χ0n) is 52.7. The lowest BCUT2D eigenvalue weighted by Gasteiger charge is -2.35. The molecule has 90 heavy (non-hydrogen) atoms. The minimum atomic E-state index is -1.29. The van der Waals surface area contributed by atoms with Crippen LogP contribution in [0.25, 0.3) is 0 Å². The molecular formula is C75H84N6O9. The van der Waals surface area contributed by atoms with Crippen LogP contribution < -0.4 is 44.9 Å². The van der Waals surface area contributed by atoms with Gasteiger partial charge in [-0.25, -0.2) is 0 Å². The fraction of sp³-hybridized carbons (Fsp3) is 0.360. The van der Waals surface area contributed by atoms with Gasteiger partial charge in [0.05, 0.1) is 21.3 Å². The van der Waals surface area contributed by atoms with Crippen LogP contribution in [0.5, 0.6) is 17.2 Å². The predicted molar refractivity (Wildman–Crippen MR) is 353 cm³/mol. The average molecular weight is 1210 g/mol. The van der Waals surface area contributed by atoms with Crippen LogP contribution in [-0.2, 0) is 14.4 Å². The molecule has 0 radical (unpaired) electrons. The average Bonchev–Trinajstić information content (AvgIpc) is 1.56. The maximum Gasteiger partial charge on any atom is 0.259 e. The number of nitrogens with zero attached hydrogens (tertiary/aromatic N) is 3. The Balaban J connectivity index is 1.21. The topological polar surface area (TPSA) is 176 Å². The zero-order chi connectivity index (χ0) is 63.3. The number of amides is 6. The van der Waals surface area contributed by atoms with Gasteiger partial charge >= 0.3 is 0 Å². The minimum Gasteiger partial charge on any atom is -0.497 e. The largest absolute Gasteiger partial charge is 0.497 e. The lowest BCUT2D eigenvalue weighted by molar-refractivity contribution is -0.124. The van der Waals surface area contributed by atoms with E-state index in [2.05, 4.69) is 16.0 Å². The predicted octanol–water partition coefficient (Wildman–Crippen LogP) is 14.1. The van der Waals surface area contributed by atoms with Crippen molar-refractivity contribution in [1.29, 1.82) is 0 Å². The van der Waals surface area contributed by atoms with Crippen LogP contribution in [0.1, 0.15) is 179 Å². The first-order chi connectivity index (χ1) is 43.7. The minimum absolute atomic E-state index is 0.123. The second kappa shape index (κ2) is 29.8. The lowest BCUT2D eigenvalue weighted by Crippen LogP contribution is -2.48. The molecule has 468 valence electrons. The van der Waals surface area contributed by atoms with Crippen molar-refractivity contribution in [3.63, 3.8) is 0 Å². The molecule has 15 nitrogen and oxygen atoms in total. The molecular weight excluding hydrogens is 1130 g/mol. The molecule has 0 aromatic heterocycles. The Hall–Kier alpha value is -9.24. The number of benzene rings is 7. The summed E-state index contributed by atoms with van der Waals surface area (Å²) in [7, 11) is 4.67. The van der Waals surface area contributed by atoms with Gasteiger partial charge in [0.1, 0.15) is 35.4 Å². The molecule has 3 aliphatic carbocycles. The number of aryl methyl sites for hydroxylation is 3. The highest BCUT2D eigenvalue weighted by molar-refractivity contribution is 6.17. The number of ether oxygens (including phenoxy) is 3. The Kier molecular flexibility index (Phi) is 21.1. The van der Waals surface area contributed by atoms with E-state index >= 15 is 28.8 Å². The molecule has 0 unspecified atom stereocenters. The van der Waals surface area contributed by atoms with Crippen molar-refractivity contribution in [2.45, 2.75) is 153 Å². The van der Waals surface area contributed by atoms with E-state index in [0.29, 0.717) is 51.0 Å². The molecule has 0 bridgehead atoms. The highest BCUT2D eigenvalue weighted by atomic mass is 16.5. The van der Waals surface area contributed by atoms with Crippen LogP contribution in [0, 0.1) is 20.8 Å². The van der Waals surface area contributed by atoms with E-state index in [4.69, 9.17) is 14.2 Å². The normalized spacial score (nSPS) is 15.7. The van der Waals surface area contributed by atoms with E-state index in [-0.39, 0.29) is 34.8 Å². The Morgan fingerprint density at radius 2 is 0.556 bits per heavy atom. The van der Waals surface area contributed by atoms with Crippen molar-refractivity contribution < 1.29 is 43.0 Å². The van der Waals surface area contributed by atoms with Crippen LogP contribution in [0.15, 0.2) is 164 Å². The molecule has 0 aliphatic heterocycles. The molecule has 6 amide bonds. The molecule has 0 spiro atoms. The summed E-state index contributed by atoms with van der Waals surface area (Å²) in [6.07, 6.45) is 13.5. The molecule has 15 heteroatoms. The van der Waals surface area contributed by atoms with Gasteiger partial charge in [-0.3, -0.25) is 43.5 Å². The van der Waals surface area contributed by atoms with Crippen molar-refractivity contribution in [3.05, 3.63) is 214 Å². The third kappa shape index (κ3) is 15.2. The van der Waals surface area contributed by atoms with Gasteiger partial charge in [-0.05, 0) is 167 Å². The van der Waals surface area contributed by atoms with Gasteiger partial charge in [-0.1, -0.05) is 147 Å². The van der Waals surface area contributed by atoms with Crippen molar-refractivity contribution in [2.75, 3.05) is 36.0 Å². The smallest absolute Gasteiger partial charge is 0.259 e. The highest BCUT2D eigenvalue weighted by Crippen LogP contribution is 2.38. The summed E-state index contributed by atoms with van der Waals surface area (Å²) in [5, 5.41) is 9.96. The Labute approximate surface area is 529 Å². The van der Waals surface area contributed by atoms with Crippen molar-refractivity contribution in [1.82, 2.24) is 16.0 Å². The van der Waals surface area contributed by atoms with Crippen molar-refractivity contribution >= 4 is 52.5 Å². The lowest BCUT2D eigenvalue weighted by atomic mass is 9.93. The summed E-state index contributed by atoms with van der Waals surface area (Å²) >= 11 is 0. The van der Waals surface area contributed by atoms with E-state index in [9.17, 15) is 0 Å². The van der Waals surface area contributed by atoms with Crippen LogP contribution in [0.3, 0.4) is 0 Å². The maximum atomic E-state index is 16.7. The molecule has 3 aliphatic rings. The number of methoxy groups -OCH3 is 3. The quantitative estimate of drug-likeness (QED) is 0.0632. The summed E-state index contributed by atoms with van der Waals surface area (Å²) in [4.78, 5) is 101. The van der Waals surface area contributed by atoms with Gasteiger partial charge in [0.2, 0.25) is 17.7 Å². The third-order valence-electron chi connectivity index (χ3n) is 17.9. The molecule has 10 rings (SSSR count). The molecule has 7 aromatic carbocycles. The highest BCUT2D eigenvalue weighted by Gasteiger charge is 2.41. The van der Waals surface area contributed by atoms with Crippen LogP contribution >= 0.6 is 0 Å². The van der Waals surface area contributed by atoms with E-state index in [1.54, 1.807) is 131 Å². The van der Waals surface area contributed by atoms with Crippen molar-refractivity contribution in [2.24, 2.45) is 0 Å². The van der Waals surface area contributed by atoms with E-state index in [1.807, 2.05) is 57.2 Å². The number of anilines is 3. The molecule has 3 atom stereocenters. The van der Waals surface area contributed by atoms with Crippen molar-refractivity contribution in [3.8, 4) is 17.2 Å². The fourth-order valence-corrected chi connectivity index (χ4v) is 12.9. The van der Waals surface area contributed by atoms with Gasteiger partial charge in [-0.2, -0.15) is 0 Å². The molecule has 7 aromatic rings. The number of nitrogens with one attached hydrogen (secondary N) is 3. The van der Waals surface area contributed by atoms with E-state index in [1.165, 1.54) is 32.9 Å². The summed E-state index contributed by atoms with van der Waals surface area (Å²) in [5.74, 6) is -1.76. The summed E-state index contributed by atoms with van der Waals surface area (Å²) in [6.45, 7) is 5.80. The summed E-state index contributed by atoms with van der Waals surface area (Å²) in [5.41, 5.74) is 4.91. The zero-order valence-corrected chi connectivity index (χ0v) is 52.7. The summed E-state index contributed by atoms with van der Waals surface area (Å²) in [6, 6.07) is 43.0. The number of carbonyl (C=O) groups excluding carboxylic acids is 6. The molecule has 3 N–H and O–H groups in total. The fourth-order valence-electron chi connectivity index (χ4n) is 12.9. The Morgan fingerprint density at radius 3 is 0.767 bits per heavy atom. The first-order valence-electron chi connectivity index (χ1n) is 31.9. The second-order valence-corrected chi connectivity index (χ2v) is 24.4. The third-order valence-corrected chi connectivity index (χ3v) is 17.9. The molecule has 0 saturated heterocycles. The Bertz CT molecular complexity index is 3200. The SMILES string of the molecule is COc1ccc([C@H](C(=O)NC2CCCCC2)N(C(=O)c2cc(C(=O)N(c3ccc(C)cc3)[C@@H](C(=O)NC3CCCCC3)c3ccc(OC)cc3)cc(C(=O)N(c3ccc(C)cc3)[C@@H](C(=O)NC3CCCCC3)c3ccc(OC)cc3)c2)c2ccc(C)cc2)cc1. The second-order valence-electron chi connectivity index (χ2n) is 24.4. The van der Waals surface area contributed by atoms with Gasteiger partial charge in [0.25, 0.3) is 17.7 Å². The standard InChI is InChI=1S/C75H84N6O9/c1-49-22-34-61(35-23-49)79(67(52-28-40-64(88-4)41-29-52)70(82)76-58-16-10-7-11-17-58)73(85)55-46-56(74(86)80(62-36-24-50(2)25-37-62)68(53-30-42-65(89-5)43-31-53)71(83)77-59-18-12-8-13-19-59)48-57(47-55)75(87)81(63-38-26-51(3)27-39-63)69(54-32-44-66(90-6)45-33-54)72(84)78-60-20-14-9-15-21-60/h22-48,58-60,67-69H,7-21H2,1-6H3,(H,76,82)(H,77,83)(H,78,84)/t67-,68-,69-/m1/s1. The first kappa shape index (κ1) is 63.8. The van der Waals surface area contributed by atoms with Gasteiger partial charge in [0, 0.05) is 51.9 Å². The number of hydrogen-bond donors (Lipinski definition) is 3. The first-order valence-corrected chi connectivity index (χ1v) is 31.9. The van der Waals surface area contributed by atoms with E-state index in [0.717, 1.165) is 113 Å².